The fourth-order valence-electron chi connectivity index (χ4n) is 3.50. The molecule has 1 aliphatic rings. The van der Waals surface area contributed by atoms with Crippen molar-refractivity contribution in [1.29, 1.82) is 0 Å². The average molecular weight is 265 g/mol. The molecule has 19 heavy (non-hydrogen) atoms. The van der Waals surface area contributed by atoms with Crippen molar-refractivity contribution in [2.75, 3.05) is 0 Å². The Hall–Kier alpha value is -0.900. The van der Waals surface area contributed by atoms with Crippen LogP contribution in [-0.2, 0) is 12.0 Å². The van der Waals surface area contributed by atoms with Crippen LogP contribution >= 0.6 is 0 Å². The van der Waals surface area contributed by atoms with Crippen molar-refractivity contribution < 1.29 is 4.52 Å². The van der Waals surface area contributed by atoms with Gasteiger partial charge in [0.2, 0.25) is 5.89 Å². The van der Waals surface area contributed by atoms with Gasteiger partial charge in [-0.15, -0.1) is 0 Å². The van der Waals surface area contributed by atoms with Crippen molar-refractivity contribution in [2.24, 2.45) is 23.5 Å². The van der Waals surface area contributed by atoms with Crippen LogP contribution in [0.1, 0.15) is 65.1 Å². The van der Waals surface area contributed by atoms with E-state index in [1.807, 2.05) is 0 Å². The van der Waals surface area contributed by atoms with E-state index in [1.165, 1.54) is 6.42 Å². The molecule has 0 radical (unpaired) electrons. The number of hydrogen-bond acceptors (Lipinski definition) is 4. The van der Waals surface area contributed by atoms with Crippen LogP contribution in [0.15, 0.2) is 4.52 Å². The molecule has 1 aromatic rings. The van der Waals surface area contributed by atoms with Gasteiger partial charge in [-0.1, -0.05) is 39.3 Å². The zero-order chi connectivity index (χ0) is 14.0. The molecule has 3 atom stereocenters. The Morgan fingerprint density at radius 3 is 2.79 bits per heavy atom. The van der Waals surface area contributed by atoms with Crippen LogP contribution in [0.5, 0.6) is 0 Å². The summed E-state index contributed by atoms with van der Waals surface area (Å²) in [5.41, 5.74) is 6.33. The monoisotopic (exact) mass is 265 g/mol. The number of hydrogen-bond donors (Lipinski definition) is 1. The normalized spacial score (nSPS) is 31.9. The van der Waals surface area contributed by atoms with E-state index in [1.54, 1.807) is 0 Å². The second-order valence-corrected chi connectivity index (χ2v) is 6.54. The first-order valence-electron chi connectivity index (χ1n) is 7.59. The van der Waals surface area contributed by atoms with Gasteiger partial charge in [0, 0.05) is 6.42 Å². The van der Waals surface area contributed by atoms with Gasteiger partial charge in [-0.3, -0.25) is 0 Å². The van der Waals surface area contributed by atoms with Crippen molar-refractivity contribution in [3.05, 3.63) is 11.7 Å². The molecule has 0 saturated heterocycles. The molecular weight excluding hydrogens is 238 g/mol. The third-order valence-corrected chi connectivity index (χ3v) is 4.47. The van der Waals surface area contributed by atoms with E-state index in [-0.39, 0.29) is 0 Å². The Balaban J connectivity index is 2.29. The minimum Gasteiger partial charge on any atom is -0.339 e. The average Bonchev–Trinajstić information content (AvgIpc) is 2.78. The molecule has 4 nitrogen and oxygen atoms in total. The van der Waals surface area contributed by atoms with Crippen LogP contribution in [0.25, 0.3) is 0 Å². The molecule has 0 amide bonds. The van der Waals surface area contributed by atoms with E-state index in [0.717, 1.165) is 37.4 Å². The number of nitrogens with zero attached hydrogens (tertiary/aromatic N) is 2. The van der Waals surface area contributed by atoms with Gasteiger partial charge in [-0.25, -0.2) is 0 Å². The Morgan fingerprint density at radius 2 is 2.16 bits per heavy atom. The topological polar surface area (TPSA) is 64.9 Å². The fraction of sp³-hybridized carbons (Fsp3) is 0.867. The molecule has 1 saturated carbocycles. The lowest BCUT2D eigenvalue weighted by Crippen LogP contribution is -2.51. The van der Waals surface area contributed by atoms with Crippen LogP contribution in [0.3, 0.4) is 0 Å². The molecule has 2 rings (SSSR count). The summed E-state index contributed by atoms with van der Waals surface area (Å²) in [5.74, 6) is 3.07. The number of nitrogens with two attached hydrogens (primary N) is 1. The van der Waals surface area contributed by atoms with Crippen molar-refractivity contribution in [3.8, 4) is 0 Å². The van der Waals surface area contributed by atoms with Gasteiger partial charge in [-0.05, 0) is 37.0 Å². The third-order valence-electron chi connectivity index (χ3n) is 4.47. The van der Waals surface area contributed by atoms with E-state index < -0.39 is 5.54 Å². The predicted molar refractivity (Wildman–Crippen MR) is 75.5 cm³/mol. The maximum absolute atomic E-state index is 6.74. The molecule has 4 heteroatoms. The Bertz CT molecular complexity index is 415. The van der Waals surface area contributed by atoms with E-state index in [0.29, 0.717) is 17.8 Å². The van der Waals surface area contributed by atoms with Crippen molar-refractivity contribution in [3.63, 3.8) is 0 Å². The number of aromatic nitrogens is 2. The molecule has 1 aromatic heterocycles. The predicted octanol–water partition coefficient (Wildman–Crippen LogP) is 3.27. The first-order valence-corrected chi connectivity index (χ1v) is 7.59. The highest BCUT2D eigenvalue weighted by Gasteiger charge is 2.45. The highest BCUT2D eigenvalue weighted by molar-refractivity contribution is 5.10. The molecule has 3 unspecified atom stereocenters. The summed E-state index contributed by atoms with van der Waals surface area (Å²) >= 11 is 0. The van der Waals surface area contributed by atoms with E-state index in [2.05, 4.69) is 37.8 Å². The largest absolute Gasteiger partial charge is 0.339 e. The molecule has 2 N–H and O–H groups in total. The standard InChI is InChI=1S/C15H27N3O/c1-5-6-13-17-14(18-19-13)15(16)9-11(4)7-8-12(15)10(2)3/h10-12H,5-9,16H2,1-4H3. The zero-order valence-corrected chi connectivity index (χ0v) is 12.6. The summed E-state index contributed by atoms with van der Waals surface area (Å²) in [6, 6.07) is 0. The second kappa shape index (κ2) is 5.61. The molecule has 108 valence electrons. The molecule has 0 aliphatic heterocycles. The third kappa shape index (κ3) is 2.83. The minimum absolute atomic E-state index is 0.415. The fourth-order valence-corrected chi connectivity index (χ4v) is 3.50. The summed E-state index contributed by atoms with van der Waals surface area (Å²) in [7, 11) is 0. The molecule has 0 bridgehead atoms. The van der Waals surface area contributed by atoms with Crippen LogP contribution in [-0.4, -0.2) is 10.1 Å². The first-order chi connectivity index (χ1) is 8.97. The minimum atomic E-state index is -0.415. The molecule has 1 heterocycles. The van der Waals surface area contributed by atoms with Gasteiger partial charge in [0.1, 0.15) is 0 Å². The lowest BCUT2D eigenvalue weighted by Gasteiger charge is -2.43. The van der Waals surface area contributed by atoms with Crippen LogP contribution < -0.4 is 5.73 Å². The van der Waals surface area contributed by atoms with Gasteiger partial charge >= 0.3 is 0 Å². The quantitative estimate of drug-likeness (QED) is 0.907. The van der Waals surface area contributed by atoms with Crippen LogP contribution in [0, 0.1) is 17.8 Å². The van der Waals surface area contributed by atoms with Crippen molar-refractivity contribution in [2.45, 2.75) is 65.3 Å². The number of rotatable bonds is 4. The van der Waals surface area contributed by atoms with E-state index in [9.17, 15) is 0 Å². The van der Waals surface area contributed by atoms with E-state index in [4.69, 9.17) is 10.3 Å². The number of aryl methyl sites for hydroxylation is 1. The van der Waals surface area contributed by atoms with Crippen molar-refractivity contribution in [1.82, 2.24) is 10.1 Å². The Morgan fingerprint density at radius 1 is 1.42 bits per heavy atom. The Kier molecular flexibility index (Phi) is 4.29. The summed E-state index contributed by atoms with van der Waals surface area (Å²) in [6.07, 6.45) is 5.23. The smallest absolute Gasteiger partial charge is 0.226 e. The maximum Gasteiger partial charge on any atom is 0.226 e. The van der Waals surface area contributed by atoms with Gasteiger partial charge < -0.3 is 10.3 Å². The van der Waals surface area contributed by atoms with Gasteiger partial charge in [0.05, 0.1) is 5.54 Å². The zero-order valence-electron chi connectivity index (χ0n) is 12.6. The SMILES string of the molecule is CCCc1nc(C2(N)CC(C)CCC2C(C)C)no1. The molecule has 1 aliphatic carbocycles. The summed E-state index contributed by atoms with van der Waals surface area (Å²) in [6.45, 7) is 8.87. The summed E-state index contributed by atoms with van der Waals surface area (Å²) in [5, 5.41) is 4.19. The molecule has 0 aromatic carbocycles. The maximum atomic E-state index is 6.74. The molecule has 0 spiro atoms. The van der Waals surface area contributed by atoms with Gasteiger partial charge in [0.25, 0.3) is 0 Å². The lowest BCUT2D eigenvalue weighted by molar-refractivity contribution is 0.0983. The highest BCUT2D eigenvalue weighted by atomic mass is 16.5. The van der Waals surface area contributed by atoms with Crippen LogP contribution in [0.2, 0.25) is 0 Å². The lowest BCUT2D eigenvalue weighted by atomic mass is 9.65. The van der Waals surface area contributed by atoms with Crippen LogP contribution in [0.4, 0.5) is 0 Å². The van der Waals surface area contributed by atoms with E-state index >= 15 is 0 Å². The second-order valence-electron chi connectivity index (χ2n) is 6.54. The highest BCUT2D eigenvalue weighted by Crippen LogP contribution is 2.44. The molecular formula is C15H27N3O. The summed E-state index contributed by atoms with van der Waals surface area (Å²) in [4.78, 5) is 4.56. The summed E-state index contributed by atoms with van der Waals surface area (Å²) < 4.78 is 5.35. The first kappa shape index (κ1) is 14.5. The Labute approximate surface area is 116 Å². The molecule has 1 fully saturated rings. The van der Waals surface area contributed by atoms with Crippen molar-refractivity contribution >= 4 is 0 Å². The van der Waals surface area contributed by atoms with Gasteiger partial charge in [-0.2, -0.15) is 4.98 Å². The van der Waals surface area contributed by atoms with Gasteiger partial charge in [0.15, 0.2) is 5.82 Å².